The number of hydrogen-bond donors (Lipinski definition) is 2. The molecule has 0 aromatic heterocycles. The van der Waals surface area contributed by atoms with Crippen LogP contribution in [0.1, 0.15) is 45.4 Å². The van der Waals surface area contributed by atoms with Gasteiger partial charge >= 0.3 is 6.03 Å². The summed E-state index contributed by atoms with van der Waals surface area (Å²) in [7, 11) is 0. The van der Waals surface area contributed by atoms with E-state index < -0.39 is 0 Å². The monoisotopic (exact) mass is 236 g/mol. The van der Waals surface area contributed by atoms with E-state index in [1.54, 1.807) is 0 Å². The zero-order chi connectivity index (χ0) is 11.8. The molecule has 3 rings (SSSR count). The number of rotatable bonds is 4. The van der Waals surface area contributed by atoms with Crippen molar-refractivity contribution >= 4 is 6.03 Å². The molecule has 3 heteroatoms. The summed E-state index contributed by atoms with van der Waals surface area (Å²) in [6.07, 6.45) is 8.15. The molecule has 3 nitrogen and oxygen atoms in total. The Hall–Kier alpha value is -0.730. The molecule has 0 radical (unpaired) electrons. The zero-order valence-corrected chi connectivity index (χ0v) is 10.7. The molecule has 5 unspecified atom stereocenters. The van der Waals surface area contributed by atoms with Crippen LogP contribution in [0.3, 0.4) is 0 Å². The fraction of sp³-hybridized carbons (Fsp3) is 0.929. The molecule has 0 saturated heterocycles. The van der Waals surface area contributed by atoms with Crippen LogP contribution in [0.25, 0.3) is 0 Å². The number of urea groups is 1. The second-order valence-corrected chi connectivity index (χ2v) is 6.44. The third-order valence-corrected chi connectivity index (χ3v) is 5.11. The molecule has 0 aliphatic heterocycles. The van der Waals surface area contributed by atoms with Crippen molar-refractivity contribution in [2.75, 3.05) is 6.54 Å². The van der Waals surface area contributed by atoms with E-state index in [-0.39, 0.29) is 6.03 Å². The third-order valence-electron chi connectivity index (χ3n) is 5.11. The average Bonchev–Trinajstić information content (AvgIpc) is 2.75. The highest BCUT2D eigenvalue weighted by Crippen LogP contribution is 2.49. The van der Waals surface area contributed by atoms with Gasteiger partial charge in [-0.2, -0.15) is 0 Å². The molecule has 2 amide bonds. The van der Waals surface area contributed by atoms with Gasteiger partial charge in [0.05, 0.1) is 0 Å². The van der Waals surface area contributed by atoms with Crippen molar-refractivity contribution in [3.8, 4) is 0 Å². The minimum absolute atomic E-state index is 0.0440. The summed E-state index contributed by atoms with van der Waals surface area (Å²) >= 11 is 0. The Morgan fingerprint density at radius 2 is 2.06 bits per heavy atom. The minimum Gasteiger partial charge on any atom is -0.338 e. The molecule has 17 heavy (non-hydrogen) atoms. The molecule has 3 fully saturated rings. The normalized spacial score (nSPS) is 42.5. The van der Waals surface area contributed by atoms with Crippen molar-refractivity contribution < 1.29 is 4.79 Å². The minimum atomic E-state index is 0.0440. The van der Waals surface area contributed by atoms with Crippen LogP contribution in [-0.4, -0.2) is 18.6 Å². The molecule has 0 aromatic carbocycles. The molecular weight excluding hydrogens is 212 g/mol. The Labute approximate surface area is 104 Å². The predicted octanol–water partition coefficient (Wildman–Crippen LogP) is 2.52. The van der Waals surface area contributed by atoms with Gasteiger partial charge in [0, 0.05) is 12.6 Å². The van der Waals surface area contributed by atoms with Gasteiger partial charge in [-0.1, -0.05) is 13.3 Å². The Balaban J connectivity index is 1.31. The molecule has 96 valence electrons. The zero-order valence-electron chi connectivity index (χ0n) is 10.7. The van der Waals surface area contributed by atoms with E-state index in [1.165, 1.54) is 32.1 Å². The molecule has 3 aliphatic rings. The van der Waals surface area contributed by atoms with Crippen LogP contribution >= 0.6 is 0 Å². The van der Waals surface area contributed by atoms with Gasteiger partial charge < -0.3 is 10.6 Å². The largest absolute Gasteiger partial charge is 0.338 e. The first-order valence-electron chi connectivity index (χ1n) is 7.26. The Bertz CT molecular complexity index is 305. The molecular formula is C14H24N2O. The van der Waals surface area contributed by atoms with Crippen LogP contribution in [0.4, 0.5) is 4.79 Å². The van der Waals surface area contributed by atoms with E-state index in [9.17, 15) is 4.79 Å². The van der Waals surface area contributed by atoms with Crippen LogP contribution in [0.5, 0.6) is 0 Å². The van der Waals surface area contributed by atoms with Crippen LogP contribution < -0.4 is 10.6 Å². The van der Waals surface area contributed by atoms with Crippen molar-refractivity contribution in [1.82, 2.24) is 10.6 Å². The van der Waals surface area contributed by atoms with Crippen LogP contribution in [0.15, 0.2) is 0 Å². The van der Waals surface area contributed by atoms with Crippen molar-refractivity contribution in [2.45, 2.75) is 51.5 Å². The van der Waals surface area contributed by atoms with Crippen molar-refractivity contribution in [3.63, 3.8) is 0 Å². The highest BCUT2D eigenvalue weighted by molar-refractivity contribution is 5.74. The van der Waals surface area contributed by atoms with Gasteiger partial charge in [-0.15, -0.1) is 0 Å². The summed E-state index contributed by atoms with van der Waals surface area (Å²) in [6, 6.07) is 0.486. The lowest BCUT2D eigenvalue weighted by molar-refractivity contribution is 0.237. The average molecular weight is 236 g/mol. The highest BCUT2D eigenvalue weighted by atomic mass is 16.2. The van der Waals surface area contributed by atoms with Gasteiger partial charge in [0.1, 0.15) is 0 Å². The van der Waals surface area contributed by atoms with Crippen LogP contribution in [-0.2, 0) is 0 Å². The Morgan fingerprint density at radius 1 is 1.24 bits per heavy atom. The fourth-order valence-electron chi connectivity index (χ4n) is 3.84. The second kappa shape index (κ2) is 4.51. The number of carbonyl (C=O) groups excluding carboxylic acids is 1. The molecule has 3 saturated carbocycles. The van der Waals surface area contributed by atoms with E-state index in [0.29, 0.717) is 12.0 Å². The Kier molecular flexibility index (Phi) is 3.01. The van der Waals surface area contributed by atoms with Gasteiger partial charge in [-0.05, 0) is 55.8 Å². The van der Waals surface area contributed by atoms with E-state index in [0.717, 1.165) is 30.7 Å². The standard InChI is InChI=1S/C14H24N2O/c1-9-6-13(9)16-14(17)15-5-4-12-8-10-2-3-11(12)7-10/h9-13H,2-8H2,1H3,(H2,15,16,17). The van der Waals surface area contributed by atoms with Crippen molar-refractivity contribution in [2.24, 2.45) is 23.7 Å². The maximum Gasteiger partial charge on any atom is 0.315 e. The summed E-state index contributed by atoms with van der Waals surface area (Å²) < 4.78 is 0. The molecule has 0 spiro atoms. The lowest BCUT2D eigenvalue weighted by Crippen LogP contribution is -2.38. The van der Waals surface area contributed by atoms with Crippen LogP contribution in [0.2, 0.25) is 0 Å². The quantitative estimate of drug-likeness (QED) is 0.773. The summed E-state index contributed by atoms with van der Waals surface area (Å²) in [5, 5.41) is 6.02. The van der Waals surface area contributed by atoms with Gasteiger partial charge in [-0.3, -0.25) is 0 Å². The highest BCUT2D eigenvalue weighted by Gasteiger charge is 2.39. The number of carbonyl (C=O) groups is 1. The van der Waals surface area contributed by atoms with Gasteiger partial charge in [-0.25, -0.2) is 4.79 Å². The molecule has 0 heterocycles. The van der Waals surface area contributed by atoms with E-state index in [1.807, 2.05) is 0 Å². The van der Waals surface area contributed by atoms with Crippen LogP contribution in [0, 0.1) is 23.7 Å². The summed E-state index contributed by atoms with van der Waals surface area (Å²) in [5.74, 6) is 3.58. The second-order valence-electron chi connectivity index (χ2n) is 6.44. The van der Waals surface area contributed by atoms with E-state index >= 15 is 0 Å². The fourth-order valence-corrected chi connectivity index (χ4v) is 3.84. The lowest BCUT2D eigenvalue weighted by Gasteiger charge is -2.21. The topological polar surface area (TPSA) is 41.1 Å². The van der Waals surface area contributed by atoms with Gasteiger partial charge in [0.25, 0.3) is 0 Å². The third kappa shape index (κ3) is 2.58. The summed E-state index contributed by atoms with van der Waals surface area (Å²) in [6.45, 7) is 3.04. The molecule has 2 N–H and O–H groups in total. The van der Waals surface area contributed by atoms with E-state index in [2.05, 4.69) is 17.6 Å². The van der Waals surface area contributed by atoms with Crippen molar-refractivity contribution in [3.05, 3.63) is 0 Å². The molecule has 2 bridgehead atoms. The Morgan fingerprint density at radius 3 is 2.65 bits per heavy atom. The van der Waals surface area contributed by atoms with E-state index in [4.69, 9.17) is 0 Å². The number of amides is 2. The summed E-state index contributed by atoms with van der Waals surface area (Å²) in [4.78, 5) is 11.6. The maximum atomic E-state index is 11.6. The van der Waals surface area contributed by atoms with Gasteiger partial charge in [0.2, 0.25) is 0 Å². The number of nitrogens with one attached hydrogen (secondary N) is 2. The molecule has 0 aromatic rings. The number of fused-ring (bicyclic) bond motifs is 2. The molecule has 5 atom stereocenters. The van der Waals surface area contributed by atoms with Crippen molar-refractivity contribution in [1.29, 1.82) is 0 Å². The first-order chi connectivity index (χ1) is 8.22. The number of hydrogen-bond acceptors (Lipinski definition) is 1. The SMILES string of the molecule is CC1CC1NC(=O)NCCC1CC2CCC1C2. The first kappa shape index (κ1) is 11.4. The summed E-state index contributed by atoms with van der Waals surface area (Å²) in [5.41, 5.74) is 0. The maximum absolute atomic E-state index is 11.6. The molecule has 3 aliphatic carbocycles. The lowest BCUT2D eigenvalue weighted by atomic mass is 9.86. The first-order valence-corrected chi connectivity index (χ1v) is 7.26. The smallest absolute Gasteiger partial charge is 0.315 e. The predicted molar refractivity (Wildman–Crippen MR) is 67.7 cm³/mol. The van der Waals surface area contributed by atoms with Gasteiger partial charge in [0.15, 0.2) is 0 Å².